The molecule has 1 atom stereocenters. The molecular weight excluding hydrogens is 228 g/mol. The van der Waals surface area contributed by atoms with Crippen molar-refractivity contribution < 1.29 is 9.90 Å². The molecule has 2 heterocycles. The summed E-state index contributed by atoms with van der Waals surface area (Å²) >= 11 is 0. The number of benzene rings is 1. The number of aromatic nitrogens is 1. The topological polar surface area (TPSA) is 45.5 Å². The second kappa shape index (κ2) is 4.46. The SMILES string of the molecule is O=C(Cn1ccc2ccccc21)N1CC[C@H](O)C1. The van der Waals surface area contributed by atoms with Crippen LogP contribution in [-0.4, -0.2) is 39.7 Å². The smallest absolute Gasteiger partial charge is 0.242 e. The van der Waals surface area contributed by atoms with Crippen LogP contribution in [0.4, 0.5) is 0 Å². The van der Waals surface area contributed by atoms with E-state index in [0.717, 1.165) is 10.9 Å². The van der Waals surface area contributed by atoms with Crippen molar-refractivity contribution in [2.45, 2.75) is 19.1 Å². The number of amides is 1. The van der Waals surface area contributed by atoms with Gasteiger partial charge in [0.1, 0.15) is 6.54 Å². The second-order valence-corrected chi connectivity index (χ2v) is 4.78. The molecule has 0 aliphatic carbocycles. The lowest BCUT2D eigenvalue weighted by atomic mass is 10.2. The Bertz CT molecular complexity index is 576. The van der Waals surface area contributed by atoms with Gasteiger partial charge in [-0.3, -0.25) is 4.79 Å². The van der Waals surface area contributed by atoms with Crippen molar-refractivity contribution in [3.05, 3.63) is 36.5 Å². The first kappa shape index (κ1) is 11.3. The zero-order valence-corrected chi connectivity index (χ0v) is 10.1. The van der Waals surface area contributed by atoms with Crippen molar-refractivity contribution in [3.63, 3.8) is 0 Å². The van der Waals surface area contributed by atoms with Gasteiger partial charge in [0.25, 0.3) is 0 Å². The molecule has 0 radical (unpaired) electrons. The average Bonchev–Trinajstić information content (AvgIpc) is 2.97. The molecule has 1 amide bonds. The Morgan fingerprint density at radius 1 is 1.33 bits per heavy atom. The quantitative estimate of drug-likeness (QED) is 0.863. The zero-order chi connectivity index (χ0) is 12.5. The largest absolute Gasteiger partial charge is 0.391 e. The summed E-state index contributed by atoms with van der Waals surface area (Å²) in [4.78, 5) is 13.8. The lowest BCUT2D eigenvalue weighted by molar-refractivity contribution is -0.131. The number of carbonyl (C=O) groups excluding carboxylic acids is 1. The molecule has 1 aliphatic rings. The van der Waals surface area contributed by atoms with E-state index in [9.17, 15) is 9.90 Å². The molecule has 0 saturated carbocycles. The van der Waals surface area contributed by atoms with E-state index in [0.29, 0.717) is 26.1 Å². The van der Waals surface area contributed by atoms with Gasteiger partial charge in [-0.15, -0.1) is 0 Å². The fraction of sp³-hybridized carbons (Fsp3) is 0.357. The highest BCUT2D eigenvalue weighted by Gasteiger charge is 2.24. The number of β-amino-alcohol motifs (C(OH)–C–C–N with tert-alkyl or cyclic N) is 1. The molecule has 18 heavy (non-hydrogen) atoms. The maximum Gasteiger partial charge on any atom is 0.242 e. The molecule has 0 bridgehead atoms. The summed E-state index contributed by atoms with van der Waals surface area (Å²) in [5.41, 5.74) is 1.07. The van der Waals surface area contributed by atoms with E-state index in [1.165, 1.54) is 0 Å². The van der Waals surface area contributed by atoms with Gasteiger partial charge in [-0.2, -0.15) is 0 Å². The van der Waals surface area contributed by atoms with Crippen LogP contribution in [0.2, 0.25) is 0 Å². The number of likely N-dealkylation sites (tertiary alicyclic amines) is 1. The Kier molecular flexibility index (Phi) is 2.80. The van der Waals surface area contributed by atoms with E-state index in [2.05, 4.69) is 0 Å². The summed E-state index contributed by atoms with van der Waals surface area (Å²) in [6.45, 7) is 1.48. The number of para-hydroxylation sites is 1. The maximum absolute atomic E-state index is 12.1. The Morgan fingerprint density at radius 2 is 2.17 bits per heavy atom. The van der Waals surface area contributed by atoms with Gasteiger partial charge in [-0.1, -0.05) is 18.2 Å². The van der Waals surface area contributed by atoms with Crippen LogP contribution in [-0.2, 0) is 11.3 Å². The van der Waals surface area contributed by atoms with Gasteiger partial charge in [-0.25, -0.2) is 0 Å². The summed E-state index contributed by atoms with van der Waals surface area (Å²) in [6.07, 6.45) is 2.28. The standard InChI is InChI=1S/C14H16N2O2/c17-12-6-8-16(9-12)14(18)10-15-7-5-11-3-1-2-4-13(11)15/h1-5,7,12,17H,6,8-10H2/t12-/m0/s1. The van der Waals surface area contributed by atoms with Crippen molar-refractivity contribution >= 4 is 16.8 Å². The molecule has 0 spiro atoms. The third kappa shape index (κ3) is 1.99. The van der Waals surface area contributed by atoms with Gasteiger partial charge in [0, 0.05) is 24.8 Å². The molecule has 1 aromatic heterocycles. The van der Waals surface area contributed by atoms with Gasteiger partial charge in [0.15, 0.2) is 0 Å². The molecule has 1 fully saturated rings. The van der Waals surface area contributed by atoms with E-state index in [1.807, 2.05) is 41.1 Å². The normalized spacial score (nSPS) is 19.6. The fourth-order valence-electron chi connectivity index (χ4n) is 2.49. The van der Waals surface area contributed by atoms with Gasteiger partial charge >= 0.3 is 0 Å². The number of aliphatic hydroxyl groups is 1. The minimum atomic E-state index is -0.352. The second-order valence-electron chi connectivity index (χ2n) is 4.78. The molecule has 1 aromatic carbocycles. The van der Waals surface area contributed by atoms with Crippen LogP contribution < -0.4 is 0 Å². The number of nitrogens with zero attached hydrogens (tertiary/aromatic N) is 2. The summed E-state index contributed by atoms with van der Waals surface area (Å²) in [5.74, 6) is 0.0768. The van der Waals surface area contributed by atoms with Gasteiger partial charge < -0.3 is 14.6 Å². The molecule has 4 heteroatoms. The van der Waals surface area contributed by atoms with Crippen molar-refractivity contribution in [1.82, 2.24) is 9.47 Å². The molecule has 2 aromatic rings. The summed E-state index contributed by atoms with van der Waals surface area (Å²) < 4.78 is 1.96. The van der Waals surface area contributed by atoms with Gasteiger partial charge in [0.2, 0.25) is 5.91 Å². The van der Waals surface area contributed by atoms with Crippen LogP contribution >= 0.6 is 0 Å². The molecule has 1 saturated heterocycles. The van der Waals surface area contributed by atoms with Crippen LogP contribution in [0.15, 0.2) is 36.5 Å². The first-order valence-electron chi connectivity index (χ1n) is 6.24. The van der Waals surface area contributed by atoms with Crippen LogP contribution in [0.3, 0.4) is 0 Å². The van der Waals surface area contributed by atoms with E-state index in [1.54, 1.807) is 4.90 Å². The van der Waals surface area contributed by atoms with Crippen LogP contribution in [0.25, 0.3) is 10.9 Å². The predicted octanol–water partition coefficient (Wildman–Crippen LogP) is 1.23. The third-order valence-corrected chi connectivity index (χ3v) is 3.50. The summed E-state index contributed by atoms with van der Waals surface area (Å²) in [7, 11) is 0. The van der Waals surface area contributed by atoms with E-state index in [-0.39, 0.29) is 12.0 Å². The highest BCUT2D eigenvalue weighted by atomic mass is 16.3. The first-order chi connectivity index (χ1) is 8.74. The van der Waals surface area contributed by atoms with Gasteiger partial charge in [-0.05, 0) is 23.9 Å². The number of rotatable bonds is 2. The van der Waals surface area contributed by atoms with Crippen LogP contribution in [0.5, 0.6) is 0 Å². The molecule has 1 N–H and O–H groups in total. The zero-order valence-electron chi connectivity index (χ0n) is 10.1. The van der Waals surface area contributed by atoms with Gasteiger partial charge in [0.05, 0.1) is 6.10 Å². The number of fused-ring (bicyclic) bond motifs is 1. The third-order valence-electron chi connectivity index (χ3n) is 3.50. The van der Waals surface area contributed by atoms with E-state index in [4.69, 9.17) is 0 Å². The van der Waals surface area contributed by atoms with E-state index >= 15 is 0 Å². The minimum absolute atomic E-state index is 0.0768. The summed E-state index contributed by atoms with van der Waals surface area (Å²) in [5, 5.41) is 10.6. The number of hydrogen-bond acceptors (Lipinski definition) is 2. The van der Waals surface area contributed by atoms with E-state index < -0.39 is 0 Å². The number of carbonyl (C=O) groups is 1. The predicted molar refractivity (Wildman–Crippen MR) is 69.1 cm³/mol. The fourth-order valence-corrected chi connectivity index (χ4v) is 2.49. The van der Waals surface area contributed by atoms with Crippen molar-refractivity contribution in [3.8, 4) is 0 Å². The first-order valence-corrected chi connectivity index (χ1v) is 6.24. The van der Waals surface area contributed by atoms with Crippen molar-refractivity contribution in [2.24, 2.45) is 0 Å². The Hall–Kier alpha value is -1.81. The Morgan fingerprint density at radius 3 is 2.94 bits per heavy atom. The highest BCUT2D eigenvalue weighted by molar-refractivity contribution is 5.83. The molecule has 3 rings (SSSR count). The molecule has 94 valence electrons. The molecule has 0 unspecified atom stereocenters. The number of aliphatic hydroxyl groups excluding tert-OH is 1. The number of hydrogen-bond donors (Lipinski definition) is 1. The maximum atomic E-state index is 12.1. The van der Waals surface area contributed by atoms with Crippen molar-refractivity contribution in [2.75, 3.05) is 13.1 Å². The summed E-state index contributed by atoms with van der Waals surface area (Å²) in [6, 6.07) is 10.0. The minimum Gasteiger partial charge on any atom is -0.391 e. The molecule has 1 aliphatic heterocycles. The Labute approximate surface area is 105 Å². The monoisotopic (exact) mass is 244 g/mol. The van der Waals surface area contributed by atoms with Crippen LogP contribution in [0, 0.1) is 0 Å². The molecule has 4 nitrogen and oxygen atoms in total. The highest BCUT2D eigenvalue weighted by Crippen LogP contribution is 2.16. The van der Waals surface area contributed by atoms with Crippen LogP contribution in [0.1, 0.15) is 6.42 Å². The lowest BCUT2D eigenvalue weighted by Crippen LogP contribution is -2.32. The Balaban J connectivity index is 1.78. The average molecular weight is 244 g/mol. The lowest BCUT2D eigenvalue weighted by Gasteiger charge is -2.16. The molecular formula is C14H16N2O2. The van der Waals surface area contributed by atoms with Crippen molar-refractivity contribution in [1.29, 1.82) is 0 Å².